The van der Waals surface area contributed by atoms with Crippen LogP contribution in [0.25, 0.3) is 0 Å². The highest BCUT2D eigenvalue weighted by Gasteiger charge is 2.36. The van der Waals surface area contributed by atoms with E-state index < -0.39 is 0 Å². The Labute approximate surface area is 121 Å². The molecule has 1 N–H and O–H groups in total. The number of nitrogens with one attached hydrogen (secondary N) is 1. The lowest BCUT2D eigenvalue weighted by molar-refractivity contribution is 0.342. The number of hydrogen-bond acceptors (Lipinski definition) is 4. The van der Waals surface area contributed by atoms with Gasteiger partial charge < -0.3 is 14.6 Å². The van der Waals surface area contributed by atoms with E-state index in [1.807, 2.05) is 6.26 Å². The van der Waals surface area contributed by atoms with Crippen LogP contribution in [-0.2, 0) is 6.54 Å². The molecule has 1 aliphatic carbocycles. The highest BCUT2D eigenvalue weighted by atomic mass is 16.4. The van der Waals surface area contributed by atoms with Crippen molar-refractivity contribution in [3.63, 3.8) is 0 Å². The van der Waals surface area contributed by atoms with Gasteiger partial charge >= 0.3 is 0 Å². The van der Waals surface area contributed by atoms with Gasteiger partial charge in [0.05, 0.1) is 5.69 Å². The first-order valence-electron chi connectivity index (χ1n) is 8.16. The molecule has 112 valence electrons. The second-order valence-corrected chi connectivity index (χ2v) is 6.74. The van der Waals surface area contributed by atoms with Crippen molar-refractivity contribution < 1.29 is 4.42 Å². The summed E-state index contributed by atoms with van der Waals surface area (Å²) >= 11 is 0. The summed E-state index contributed by atoms with van der Waals surface area (Å²) in [6.45, 7) is 7.38. The van der Waals surface area contributed by atoms with Crippen LogP contribution in [0.5, 0.6) is 0 Å². The van der Waals surface area contributed by atoms with Crippen molar-refractivity contribution in [2.75, 3.05) is 18.0 Å². The number of hydrogen-bond donors (Lipinski definition) is 1. The largest absolute Gasteiger partial charge is 0.432 e. The maximum Gasteiger partial charge on any atom is 0.297 e. The average Bonchev–Trinajstić information content (AvgIpc) is 3.06. The smallest absolute Gasteiger partial charge is 0.297 e. The molecule has 0 aromatic carbocycles. The van der Waals surface area contributed by atoms with Gasteiger partial charge in [-0.1, -0.05) is 20.3 Å². The number of rotatable bonds is 5. The second-order valence-electron chi connectivity index (χ2n) is 6.74. The first-order chi connectivity index (χ1) is 9.74. The lowest BCUT2D eigenvalue weighted by atomic mass is 9.92. The van der Waals surface area contributed by atoms with Gasteiger partial charge in [-0.2, -0.15) is 4.98 Å². The second kappa shape index (κ2) is 6.17. The predicted molar refractivity (Wildman–Crippen MR) is 80.8 cm³/mol. The highest BCUT2D eigenvalue weighted by Crippen LogP contribution is 2.38. The van der Waals surface area contributed by atoms with Crippen molar-refractivity contribution in [1.29, 1.82) is 0 Å². The Bertz CT molecular complexity index is 429. The van der Waals surface area contributed by atoms with Gasteiger partial charge in [0.25, 0.3) is 6.01 Å². The topological polar surface area (TPSA) is 41.3 Å². The van der Waals surface area contributed by atoms with Crippen molar-refractivity contribution in [2.24, 2.45) is 11.8 Å². The summed E-state index contributed by atoms with van der Waals surface area (Å²) in [5, 5.41) is 3.42. The van der Waals surface area contributed by atoms with Crippen LogP contribution >= 0.6 is 0 Å². The van der Waals surface area contributed by atoms with Crippen LogP contribution < -0.4 is 10.2 Å². The molecular formula is C16H27N3O. The van der Waals surface area contributed by atoms with E-state index in [9.17, 15) is 0 Å². The molecule has 2 fully saturated rings. The number of piperidine rings is 1. The summed E-state index contributed by atoms with van der Waals surface area (Å²) in [5.74, 6) is 1.54. The Balaban J connectivity index is 1.61. The van der Waals surface area contributed by atoms with Crippen LogP contribution in [0.1, 0.15) is 51.6 Å². The van der Waals surface area contributed by atoms with E-state index in [1.54, 1.807) is 0 Å². The van der Waals surface area contributed by atoms with E-state index in [0.29, 0.717) is 12.0 Å². The number of fused-ring (bicyclic) bond motifs is 1. The zero-order valence-electron chi connectivity index (χ0n) is 12.8. The first-order valence-corrected chi connectivity index (χ1v) is 8.16. The van der Waals surface area contributed by atoms with Gasteiger partial charge in [-0.15, -0.1) is 0 Å². The van der Waals surface area contributed by atoms with E-state index in [1.165, 1.54) is 32.1 Å². The summed E-state index contributed by atoms with van der Waals surface area (Å²) < 4.78 is 5.74. The van der Waals surface area contributed by atoms with Crippen molar-refractivity contribution in [2.45, 2.75) is 58.5 Å². The molecule has 1 aliphatic heterocycles. The molecule has 0 amide bonds. The third-order valence-corrected chi connectivity index (χ3v) is 4.64. The minimum absolute atomic E-state index is 0.669. The normalized spacial score (nSPS) is 26.2. The molecule has 1 aromatic heterocycles. The zero-order chi connectivity index (χ0) is 13.9. The average molecular weight is 277 g/mol. The van der Waals surface area contributed by atoms with Crippen LogP contribution in [-0.4, -0.2) is 24.1 Å². The van der Waals surface area contributed by atoms with Gasteiger partial charge in [-0.25, -0.2) is 0 Å². The van der Waals surface area contributed by atoms with E-state index in [-0.39, 0.29) is 0 Å². The van der Waals surface area contributed by atoms with Crippen molar-refractivity contribution in [3.05, 3.63) is 12.0 Å². The fourth-order valence-corrected chi connectivity index (χ4v) is 3.69. The van der Waals surface area contributed by atoms with Gasteiger partial charge in [-0.3, -0.25) is 0 Å². The van der Waals surface area contributed by atoms with Crippen LogP contribution in [0.4, 0.5) is 6.01 Å². The molecule has 1 aromatic rings. The summed E-state index contributed by atoms with van der Waals surface area (Å²) in [6, 6.07) is 1.53. The molecule has 0 radical (unpaired) electrons. The highest BCUT2D eigenvalue weighted by molar-refractivity contribution is 5.31. The molecular weight excluding hydrogens is 250 g/mol. The molecule has 2 atom stereocenters. The molecule has 0 bridgehead atoms. The van der Waals surface area contributed by atoms with Gasteiger partial charge in [0.2, 0.25) is 0 Å². The lowest BCUT2D eigenvalue weighted by Crippen LogP contribution is -2.42. The van der Waals surface area contributed by atoms with Crippen molar-refractivity contribution >= 4 is 6.01 Å². The Morgan fingerprint density at radius 1 is 1.35 bits per heavy atom. The summed E-state index contributed by atoms with van der Waals surface area (Å²) in [7, 11) is 0. The number of oxazole rings is 1. The fraction of sp³-hybridized carbons (Fsp3) is 0.812. The van der Waals surface area contributed by atoms with Gasteiger partial charge in [0.15, 0.2) is 0 Å². The molecule has 1 saturated heterocycles. The van der Waals surface area contributed by atoms with E-state index in [2.05, 4.69) is 29.0 Å². The molecule has 0 spiro atoms. The quantitative estimate of drug-likeness (QED) is 0.897. The maximum absolute atomic E-state index is 5.74. The van der Waals surface area contributed by atoms with Gasteiger partial charge in [0, 0.05) is 19.1 Å². The molecule has 2 aliphatic rings. The SMILES string of the molecule is CC(C)CNCc1coc(N2CCCC3CCCC32)n1. The minimum Gasteiger partial charge on any atom is -0.432 e. The first kappa shape index (κ1) is 13.9. The number of aromatic nitrogens is 1. The van der Waals surface area contributed by atoms with Gasteiger partial charge in [-0.05, 0) is 44.1 Å². The van der Waals surface area contributed by atoms with E-state index in [4.69, 9.17) is 4.42 Å². The van der Waals surface area contributed by atoms with Crippen molar-refractivity contribution in [1.82, 2.24) is 10.3 Å². The molecule has 4 nitrogen and oxygen atoms in total. The third kappa shape index (κ3) is 3.00. The summed E-state index contributed by atoms with van der Waals surface area (Å²) in [5.41, 5.74) is 1.03. The van der Waals surface area contributed by atoms with Crippen LogP contribution in [0, 0.1) is 11.8 Å². The van der Waals surface area contributed by atoms with Crippen LogP contribution in [0.15, 0.2) is 10.7 Å². The fourth-order valence-electron chi connectivity index (χ4n) is 3.69. The predicted octanol–water partition coefficient (Wildman–Crippen LogP) is 3.19. The lowest BCUT2D eigenvalue weighted by Gasteiger charge is -2.36. The molecule has 20 heavy (non-hydrogen) atoms. The van der Waals surface area contributed by atoms with Crippen LogP contribution in [0.2, 0.25) is 0 Å². The molecule has 3 rings (SSSR count). The van der Waals surface area contributed by atoms with E-state index >= 15 is 0 Å². The Morgan fingerprint density at radius 3 is 3.05 bits per heavy atom. The molecule has 2 heterocycles. The molecule has 4 heteroatoms. The Hall–Kier alpha value is -1.03. The molecule has 1 saturated carbocycles. The summed E-state index contributed by atoms with van der Waals surface area (Å²) in [6.07, 6.45) is 8.57. The Kier molecular flexibility index (Phi) is 4.29. The maximum atomic E-state index is 5.74. The minimum atomic E-state index is 0.669. The molecule has 2 unspecified atom stereocenters. The zero-order valence-corrected chi connectivity index (χ0v) is 12.8. The standard InChI is InChI=1S/C16H27N3O/c1-12(2)9-17-10-14-11-20-16(18-14)19-8-4-6-13-5-3-7-15(13)19/h11-13,15,17H,3-10H2,1-2H3. The van der Waals surface area contributed by atoms with Crippen LogP contribution in [0.3, 0.4) is 0 Å². The number of nitrogens with zero attached hydrogens (tertiary/aromatic N) is 2. The van der Waals surface area contributed by atoms with Gasteiger partial charge in [0.1, 0.15) is 6.26 Å². The van der Waals surface area contributed by atoms with E-state index in [0.717, 1.165) is 37.3 Å². The third-order valence-electron chi connectivity index (χ3n) is 4.64. The number of anilines is 1. The van der Waals surface area contributed by atoms with Crippen molar-refractivity contribution in [3.8, 4) is 0 Å². The monoisotopic (exact) mass is 277 g/mol. The summed E-state index contributed by atoms with van der Waals surface area (Å²) in [4.78, 5) is 7.11. The Morgan fingerprint density at radius 2 is 2.20 bits per heavy atom.